The second-order valence-corrected chi connectivity index (χ2v) is 7.89. The Bertz CT molecular complexity index is 1390. The fraction of sp³-hybridized carbons (Fsp3) is 0.240. The van der Waals surface area contributed by atoms with E-state index in [2.05, 4.69) is 10.3 Å². The van der Waals surface area contributed by atoms with Crippen molar-refractivity contribution < 1.29 is 18.8 Å². The van der Waals surface area contributed by atoms with Crippen LogP contribution in [0, 0.1) is 27.7 Å². The van der Waals surface area contributed by atoms with E-state index in [0.717, 1.165) is 21.3 Å². The highest BCUT2D eigenvalue weighted by atomic mass is 16.5. The van der Waals surface area contributed by atoms with E-state index < -0.39 is 0 Å². The number of fused-ring (bicyclic) bond motifs is 1. The summed E-state index contributed by atoms with van der Waals surface area (Å²) in [5, 5.41) is 2.82. The van der Waals surface area contributed by atoms with Gasteiger partial charge in [0.25, 0.3) is 11.5 Å². The predicted octanol–water partition coefficient (Wildman–Crippen LogP) is 4.12. The fourth-order valence-electron chi connectivity index (χ4n) is 3.35. The number of carbonyl (C=O) groups is 1. The molecule has 170 valence electrons. The summed E-state index contributed by atoms with van der Waals surface area (Å²) < 4.78 is 18.0. The van der Waals surface area contributed by atoms with Gasteiger partial charge in [0, 0.05) is 23.9 Å². The molecule has 1 amide bonds. The number of amides is 1. The van der Waals surface area contributed by atoms with E-state index in [0.29, 0.717) is 34.3 Å². The minimum atomic E-state index is -0.312. The van der Waals surface area contributed by atoms with Crippen molar-refractivity contribution in [3.05, 3.63) is 87.0 Å². The number of nitrogens with zero attached hydrogens (tertiary/aromatic N) is 2. The van der Waals surface area contributed by atoms with Gasteiger partial charge in [0.15, 0.2) is 12.3 Å². The maximum atomic E-state index is 12.4. The van der Waals surface area contributed by atoms with Crippen molar-refractivity contribution in [2.75, 3.05) is 11.9 Å². The smallest absolute Gasteiger partial charge is 0.287 e. The molecule has 0 aliphatic rings. The minimum Gasteiger partial charge on any atom is -0.487 e. The third-order valence-electron chi connectivity index (χ3n) is 5.29. The van der Waals surface area contributed by atoms with Crippen molar-refractivity contribution >= 4 is 17.2 Å². The van der Waals surface area contributed by atoms with Gasteiger partial charge in [-0.15, -0.1) is 4.57 Å². The average molecular weight is 447 g/mol. The molecule has 0 saturated heterocycles. The monoisotopic (exact) mass is 447 g/mol. The fourth-order valence-corrected chi connectivity index (χ4v) is 3.35. The number of rotatable bonds is 7. The topological polar surface area (TPSA) is 95.1 Å². The maximum absolute atomic E-state index is 12.4. The van der Waals surface area contributed by atoms with Crippen molar-refractivity contribution in [2.45, 2.75) is 34.3 Å². The number of anilines is 1. The summed E-state index contributed by atoms with van der Waals surface area (Å²) in [6.07, 6.45) is 0. The van der Waals surface area contributed by atoms with Crippen LogP contribution in [0.15, 0.2) is 57.8 Å². The standard InChI is InChI=1S/C25H25N3O5/c1-15-6-5-7-21(18(15)4)32-14-24(29)27-19-9-8-16(2)22(11-19)31-13-20-12-25(30)28-23(26-20)10-17(3)33-28/h5-12H,13-14H2,1-4H3,(H,27,29). The zero-order valence-electron chi connectivity index (χ0n) is 19.0. The first-order chi connectivity index (χ1) is 15.8. The molecular weight excluding hydrogens is 422 g/mol. The van der Waals surface area contributed by atoms with Gasteiger partial charge in [-0.3, -0.25) is 9.59 Å². The Labute approximate surface area is 190 Å². The highest BCUT2D eigenvalue weighted by Crippen LogP contribution is 2.24. The molecule has 0 atom stereocenters. The van der Waals surface area contributed by atoms with Crippen molar-refractivity contribution in [3.63, 3.8) is 0 Å². The van der Waals surface area contributed by atoms with Crippen molar-refractivity contribution in [3.8, 4) is 11.5 Å². The molecule has 2 aromatic heterocycles. The molecule has 0 saturated carbocycles. The van der Waals surface area contributed by atoms with Crippen LogP contribution in [-0.2, 0) is 11.4 Å². The Morgan fingerprint density at radius 3 is 2.64 bits per heavy atom. The Morgan fingerprint density at radius 2 is 1.82 bits per heavy atom. The molecule has 33 heavy (non-hydrogen) atoms. The third-order valence-corrected chi connectivity index (χ3v) is 5.29. The lowest BCUT2D eigenvalue weighted by molar-refractivity contribution is -0.118. The third kappa shape index (κ3) is 5.06. The SMILES string of the molecule is Cc1cc2nc(COc3cc(NC(=O)COc4cccc(C)c4C)ccc3C)cc(=O)n2o1. The number of aryl methyl sites for hydroxylation is 3. The summed E-state index contributed by atoms with van der Waals surface area (Å²) in [5.74, 6) is 1.58. The van der Waals surface area contributed by atoms with Crippen molar-refractivity contribution in [1.29, 1.82) is 0 Å². The summed E-state index contributed by atoms with van der Waals surface area (Å²) in [6.45, 7) is 7.60. The Morgan fingerprint density at radius 1 is 1.00 bits per heavy atom. The van der Waals surface area contributed by atoms with E-state index in [-0.39, 0.29) is 24.7 Å². The highest BCUT2D eigenvalue weighted by Gasteiger charge is 2.11. The second kappa shape index (κ2) is 9.20. The lowest BCUT2D eigenvalue weighted by atomic mass is 10.1. The molecule has 2 aromatic carbocycles. The van der Waals surface area contributed by atoms with Crippen LogP contribution in [0.5, 0.6) is 11.5 Å². The van der Waals surface area contributed by atoms with Gasteiger partial charge in [0.1, 0.15) is 23.9 Å². The molecule has 2 heterocycles. The molecule has 4 rings (SSSR count). The largest absolute Gasteiger partial charge is 0.487 e. The first-order valence-corrected chi connectivity index (χ1v) is 10.5. The number of carbonyl (C=O) groups excluding carboxylic acids is 1. The lowest BCUT2D eigenvalue weighted by Crippen LogP contribution is -2.20. The van der Waals surface area contributed by atoms with Crippen molar-refractivity contribution in [2.24, 2.45) is 0 Å². The van der Waals surface area contributed by atoms with Gasteiger partial charge >= 0.3 is 0 Å². The van der Waals surface area contributed by atoms with Crippen LogP contribution >= 0.6 is 0 Å². The molecule has 4 aromatic rings. The van der Waals surface area contributed by atoms with Crippen LogP contribution < -0.4 is 20.3 Å². The van der Waals surface area contributed by atoms with E-state index >= 15 is 0 Å². The molecule has 1 N–H and O–H groups in total. The van der Waals surface area contributed by atoms with Gasteiger partial charge in [-0.25, -0.2) is 4.98 Å². The predicted molar refractivity (Wildman–Crippen MR) is 124 cm³/mol. The molecule has 0 radical (unpaired) electrons. The number of nitrogens with one attached hydrogen (secondary N) is 1. The van der Waals surface area contributed by atoms with E-state index in [1.165, 1.54) is 6.07 Å². The number of benzene rings is 2. The zero-order chi connectivity index (χ0) is 23.5. The molecule has 8 nitrogen and oxygen atoms in total. The van der Waals surface area contributed by atoms with E-state index in [1.807, 2.05) is 45.0 Å². The first-order valence-electron chi connectivity index (χ1n) is 10.5. The molecule has 8 heteroatoms. The first kappa shape index (κ1) is 22.1. The van der Waals surface area contributed by atoms with Crippen LogP contribution in [-0.4, -0.2) is 22.1 Å². The summed E-state index contributed by atoms with van der Waals surface area (Å²) in [6, 6.07) is 14.2. The quantitative estimate of drug-likeness (QED) is 0.458. The van der Waals surface area contributed by atoms with Gasteiger partial charge in [0.2, 0.25) is 0 Å². The summed E-state index contributed by atoms with van der Waals surface area (Å²) in [7, 11) is 0. The highest BCUT2D eigenvalue weighted by molar-refractivity contribution is 5.92. The van der Waals surface area contributed by atoms with Gasteiger partial charge in [-0.05, 0) is 56.5 Å². The van der Waals surface area contributed by atoms with Gasteiger partial charge in [0.05, 0.1) is 5.69 Å². The summed E-state index contributed by atoms with van der Waals surface area (Å²) >= 11 is 0. The molecule has 0 aliphatic heterocycles. The van der Waals surface area contributed by atoms with E-state index in [9.17, 15) is 9.59 Å². The van der Waals surface area contributed by atoms with Gasteiger partial charge < -0.3 is 19.3 Å². The van der Waals surface area contributed by atoms with E-state index in [1.54, 1.807) is 25.1 Å². The van der Waals surface area contributed by atoms with Gasteiger partial charge in [-0.2, -0.15) is 0 Å². The van der Waals surface area contributed by atoms with Crippen LogP contribution in [0.3, 0.4) is 0 Å². The van der Waals surface area contributed by atoms with Crippen LogP contribution in [0.4, 0.5) is 5.69 Å². The molecular formula is C25H25N3O5. The Balaban J connectivity index is 1.40. The second-order valence-electron chi connectivity index (χ2n) is 7.89. The van der Waals surface area contributed by atoms with Gasteiger partial charge in [-0.1, -0.05) is 18.2 Å². The molecule has 0 bridgehead atoms. The average Bonchev–Trinajstić information content (AvgIpc) is 3.16. The number of ether oxygens (including phenoxy) is 2. The Hall–Kier alpha value is -4.07. The number of aromatic nitrogens is 2. The minimum absolute atomic E-state index is 0.101. The molecule has 0 aliphatic carbocycles. The Kier molecular flexibility index (Phi) is 6.17. The van der Waals surface area contributed by atoms with Crippen molar-refractivity contribution in [1.82, 2.24) is 9.56 Å². The number of hydrogen-bond donors (Lipinski definition) is 1. The number of hydrogen-bond acceptors (Lipinski definition) is 6. The summed E-state index contributed by atoms with van der Waals surface area (Å²) in [5.41, 5.74) is 4.18. The molecule has 0 spiro atoms. The maximum Gasteiger partial charge on any atom is 0.287 e. The summed E-state index contributed by atoms with van der Waals surface area (Å²) in [4.78, 5) is 29.0. The van der Waals surface area contributed by atoms with Crippen LogP contribution in [0.1, 0.15) is 28.1 Å². The zero-order valence-corrected chi connectivity index (χ0v) is 19.0. The molecule has 0 fully saturated rings. The molecule has 0 unspecified atom stereocenters. The lowest BCUT2D eigenvalue weighted by Gasteiger charge is -2.13. The normalized spacial score (nSPS) is 10.9. The van der Waals surface area contributed by atoms with E-state index in [4.69, 9.17) is 14.0 Å². The van der Waals surface area contributed by atoms with Crippen LogP contribution in [0.2, 0.25) is 0 Å². The van der Waals surface area contributed by atoms with Crippen LogP contribution in [0.25, 0.3) is 5.65 Å².